The number of hydrogen-bond donors (Lipinski definition) is 0. The second-order valence-electron chi connectivity index (χ2n) is 7.33. The second kappa shape index (κ2) is 10.3. The molecule has 2 aliphatic rings. The SMILES string of the molecule is CCCC[Si](OCCC)(OCCC)OC(CC)C1CCC2OC2C1. The van der Waals surface area contributed by atoms with Crippen LogP contribution in [-0.4, -0.2) is 40.3 Å². The van der Waals surface area contributed by atoms with Gasteiger partial charge in [0.1, 0.15) is 0 Å². The molecule has 142 valence electrons. The van der Waals surface area contributed by atoms with Crippen LogP contribution in [0.4, 0.5) is 0 Å². The summed E-state index contributed by atoms with van der Waals surface area (Å²) in [6.45, 7) is 10.3. The molecule has 2 rings (SSSR count). The number of unbranched alkanes of at least 4 members (excludes halogenated alkanes) is 1. The Morgan fingerprint density at radius 1 is 0.958 bits per heavy atom. The molecule has 1 aliphatic heterocycles. The summed E-state index contributed by atoms with van der Waals surface area (Å²) in [5, 5.41) is 0. The van der Waals surface area contributed by atoms with Crippen LogP contribution in [-0.2, 0) is 18.0 Å². The molecule has 4 atom stereocenters. The van der Waals surface area contributed by atoms with Crippen molar-refractivity contribution in [3.8, 4) is 0 Å². The van der Waals surface area contributed by atoms with Gasteiger partial charge in [0.2, 0.25) is 0 Å². The third-order valence-corrected chi connectivity index (χ3v) is 8.11. The molecule has 0 aromatic rings. The maximum absolute atomic E-state index is 6.74. The van der Waals surface area contributed by atoms with Crippen LogP contribution in [0.15, 0.2) is 0 Å². The van der Waals surface area contributed by atoms with Crippen LogP contribution >= 0.6 is 0 Å². The zero-order chi connectivity index (χ0) is 17.4. The molecule has 1 saturated heterocycles. The number of fused-ring (bicyclic) bond motifs is 1. The molecule has 0 spiro atoms. The van der Waals surface area contributed by atoms with Crippen molar-refractivity contribution in [1.29, 1.82) is 0 Å². The Hall–Kier alpha value is 0.0569. The number of ether oxygens (including phenoxy) is 1. The summed E-state index contributed by atoms with van der Waals surface area (Å²) in [5.41, 5.74) is 0. The molecule has 24 heavy (non-hydrogen) atoms. The van der Waals surface area contributed by atoms with Crippen LogP contribution in [0.2, 0.25) is 6.04 Å². The quantitative estimate of drug-likeness (QED) is 0.345. The predicted octanol–water partition coefficient (Wildman–Crippen LogP) is 4.94. The maximum atomic E-state index is 6.74. The van der Waals surface area contributed by atoms with Gasteiger partial charge in [-0.1, -0.05) is 34.1 Å². The highest BCUT2D eigenvalue weighted by atomic mass is 28.4. The largest absolute Gasteiger partial charge is 0.501 e. The van der Waals surface area contributed by atoms with E-state index in [-0.39, 0.29) is 6.10 Å². The van der Waals surface area contributed by atoms with Gasteiger partial charge in [-0.15, -0.1) is 0 Å². The van der Waals surface area contributed by atoms with Gasteiger partial charge in [-0.25, -0.2) is 0 Å². The molecule has 1 heterocycles. The summed E-state index contributed by atoms with van der Waals surface area (Å²) in [4.78, 5) is 0. The fraction of sp³-hybridized carbons (Fsp3) is 1.00. The first-order valence-corrected chi connectivity index (χ1v) is 12.2. The monoisotopic (exact) mass is 358 g/mol. The molecule has 0 bridgehead atoms. The Kier molecular flexibility index (Phi) is 8.71. The number of epoxide rings is 1. The van der Waals surface area contributed by atoms with Crippen LogP contribution in [0.3, 0.4) is 0 Å². The minimum Gasteiger partial charge on any atom is -0.373 e. The van der Waals surface area contributed by atoms with Gasteiger partial charge < -0.3 is 18.0 Å². The van der Waals surface area contributed by atoms with Crippen molar-refractivity contribution in [3.05, 3.63) is 0 Å². The minimum atomic E-state index is -2.58. The first-order valence-electron chi connectivity index (χ1n) is 10.3. The van der Waals surface area contributed by atoms with Crippen molar-refractivity contribution >= 4 is 8.80 Å². The third-order valence-electron chi connectivity index (χ3n) is 5.19. The van der Waals surface area contributed by atoms with Crippen molar-refractivity contribution in [1.82, 2.24) is 0 Å². The molecule has 0 amide bonds. The van der Waals surface area contributed by atoms with Crippen molar-refractivity contribution in [2.45, 2.75) is 103 Å². The van der Waals surface area contributed by atoms with Crippen molar-refractivity contribution in [3.63, 3.8) is 0 Å². The van der Waals surface area contributed by atoms with E-state index in [4.69, 9.17) is 18.0 Å². The lowest BCUT2D eigenvalue weighted by atomic mass is 9.84. The van der Waals surface area contributed by atoms with Crippen molar-refractivity contribution < 1.29 is 18.0 Å². The standard InChI is InChI=1S/C19H38O4Si/c1-5-9-14-24(20-12-6-2,21-13-7-3)23-17(8-4)16-10-11-18-19(15-16)22-18/h16-19H,5-15H2,1-4H3. The van der Waals surface area contributed by atoms with Gasteiger partial charge in [0.25, 0.3) is 0 Å². The third kappa shape index (κ3) is 5.80. The summed E-state index contributed by atoms with van der Waals surface area (Å²) in [5.74, 6) is 0.600. The Labute approximate surface area is 150 Å². The molecule has 4 unspecified atom stereocenters. The summed E-state index contributed by atoms with van der Waals surface area (Å²) in [7, 11) is -2.58. The smallest absolute Gasteiger partial charge is 0.373 e. The van der Waals surface area contributed by atoms with Crippen LogP contribution in [0.25, 0.3) is 0 Å². The van der Waals surface area contributed by atoms with E-state index in [0.717, 1.165) is 57.8 Å². The van der Waals surface area contributed by atoms with Gasteiger partial charge in [0, 0.05) is 19.3 Å². The lowest BCUT2D eigenvalue weighted by molar-refractivity contribution is -0.00320. The molecule has 4 nitrogen and oxygen atoms in total. The molecular formula is C19H38O4Si. The highest BCUT2D eigenvalue weighted by Gasteiger charge is 2.49. The molecular weight excluding hydrogens is 320 g/mol. The van der Waals surface area contributed by atoms with E-state index in [2.05, 4.69) is 27.7 Å². The molecule has 0 radical (unpaired) electrons. The van der Waals surface area contributed by atoms with Crippen LogP contribution < -0.4 is 0 Å². The minimum absolute atomic E-state index is 0.257. The van der Waals surface area contributed by atoms with Gasteiger partial charge in [-0.2, -0.15) is 0 Å². The molecule has 5 heteroatoms. The van der Waals surface area contributed by atoms with Gasteiger partial charge in [0.05, 0.1) is 18.3 Å². The average Bonchev–Trinajstić information content (AvgIpc) is 3.39. The van der Waals surface area contributed by atoms with Gasteiger partial charge >= 0.3 is 8.80 Å². The Morgan fingerprint density at radius 2 is 1.67 bits per heavy atom. The predicted molar refractivity (Wildman–Crippen MR) is 99.1 cm³/mol. The van der Waals surface area contributed by atoms with E-state index in [1.165, 1.54) is 12.8 Å². The topological polar surface area (TPSA) is 40.2 Å². The number of hydrogen-bond acceptors (Lipinski definition) is 4. The van der Waals surface area contributed by atoms with Gasteiger partial charge in [-0.3, -0.25) is 0 Å². The van der Waals surface area contributed by atoms with E-state index in [9.17, 15) is 0 Å². The zero-order valence-electron chi connectivity index (χ0n) is 16.2. The fourth-order valence-electron chi connectivity index (χ4n) is 3.74. The second-order valence-corrected chi connectivity index (χ2v) is 10.0. The van der Waals surface area contributed by atoms with E-state index in [0.29, 0.717) is 18.1 Å². The van der Waals surface area contributed by atoms with Crippen LogP contribution in [0.1, 0.15) is 79.1 Å². The summed E-state index contributed by atoms with van der Waals surface area (Å²) < 4.78 is 25.1. The Bertz CT molecular complexity index is 330. The fourth-order valence-corrected chi connectivity index (χ4v) is 7.00. The Morgan fingerprint density at radius 3 is 2.21 bits per heavy atom. The highest BCUT2D eigenvalue weighted by molar-refractivity contribution is 6.60. The first-order chi connectivity index (χ1) is 11.7. The van der Waals surface area contributed by atoms with E-state index < -0.39 is 8.80 Å². The van der Waals surface area contributed by atoms with Crippen LogP contribution in [0, 0.1) is 5.92 Å². The normalized spacial score (nSPS) is 27.8. The van der Waals surface area contributed by atoms with E-state index >= 15 is 0 Å². The number of rotatable bonds is 13. The lowest BCUT2D eigenvalue weighted by Crippen LogP contribution is -2.50. The van der Waals surface area contributed by atoms with Crippen molar-refractivity contribution in [2.75, 3.05) is 13.2 Å². The summed E-state index contributed by atoms with van der Waals surface area (Å²) >= 11 is 0. The summed E-state index contributed by atoms with van der Waals surface area (Å²) in [6.07, 6.45) is 10.2. The molecule has 0 N–H and O–H groups in total. The molecule has 2 fully saturated rings. The van der Waals surface area contributed by atoms with Gasteiger partial charge in [0.15, 0.2) is 0 Å². The molecule has 1 aliphatic carbocycles. The van der Waals surface area contributed by atoms with E-state index in [1.54, 1.807) is 0 Å². The zero-order valence-corrected chi connectivity index (χ0v) is 17.2. The van der Waals surface area contributed by atoms with Crippen molar-refractivity contribution in [2.24, 2.45) is 5.92 Å². The average molecular weight is 359 g/mol. The lowest BCUT2D eigenvalue weighted by Gasteiger charge is -2.37. The first kappa shape index (κ1) is 20.4. The summed E-state index contributed by atoms with van der Waals surface area (Å²) in [6, 6.07) is 0.954. The molecule has 0 aromatic carbocycles. The Balaban J connectivity index is 2.03. The molecule has 1 saturated carbocycles. The van der Waals surface area contributed by atoms with Gasteiger partial charge in [-0.05, 0) is 50.9 Å². The maximum Gasteiger partial charge on any atom is 0.501 e. The van der Waals surface area contributed by atoms with Crippen LogP contribution in [0.5, 0.6) is 0 Å². The highest BCUT2D eigenvalue weighted by Crippen LogP contribution is 2.42. The molecule has 0 aromatic heterocycles. The van der Waals surface area contributed by atoms with E-state index in [1.807, 2.05) is 0 Å².